The number of aromatic nitrogens is 3. The molecule has 5 heteroatoms. The maximum absolute atomic E-state index is 13.3. The molecule has 1 amide bonds. The van der Waals surface area contributed by atoms with E-state index in [9.17, 15) is 4.79 Å². The van der Waals surface area contributed by atoms with Crippen LogP contribution in [0.15, 0.2) is 30.7 Å². The molecule has 0 atom stereocenters. The molecule has 4 rings (SSSR count). The second-order valence-electron chi connectivity index (χ2n) is 6.53. The summed E-state index contributed by atoms with van der Waals surface area (Å²) in [5.41, 5.74) is 6.80. The van der Waals surface area contributed by atoms with E-state index in [0.29, 0.717) is 11.1 Å². The van der Waals surface area contributed by atoms with Gasteiger partial charge in [-0.2, -0.15) is 0 Å². The molecule has 3 aromatic rings. The first-order chi connectivity index (χ1) is 11.6. The highest BCUT2D eigenvalue weighted by Gasteiger charge is 2.26. The Labute approximate surface area is 140 Å². The number of carbonyl (C=O) groups excluding carboxylic acids is 1. The highest BCUT2D eigenvalue weighted by atomic mass is 16.2. The van der Waals surface area contributed by atoms with E-state index in [1.165, 1.54) is 16.7 Å². The van der Waals surface area contributed by atoms with Crippen LogP contribution in [-0.2, 0) is 13.5 Å². The maximum atomic E-state index is 13.3. The fourth-order valence-corrected chi connectivity index (χ4v) is 3.63. The van der Waals surface area contributed by atoms with E-state index in [1.807, 2.05) is 16.5 Å². The van der Waals surface area contributed by atoms with E-state index in [2.05, 4.69) is 35.9 Å². The van der Waals surface area contributed by atoms with Crippen molar-refractivity contribution in [1.82, 2.24) is 14.5 Å². The van der Waals surface area contributed by atoms with Gasteiger partial charge in [-0.25, -0.2) is 9.97 Å². The van der Waals surface area contributed by atoms with Crippen molar-refractivity contribution in [1.29, 1.82) is 0 Å². The maximum Gasteiger partial charge on any atom is 0.260 e. The molecular formula is C19H20N4O. The van der Waals surface area contributed by atoms with Gasteiger partial charge in [0.2, 0.25) is 0 Å². The van der Waals surface area contributed by atoms with Gasteiger partial charge >= 0.3 is 0 Å². The smallest absolute Gasteiger partial charge is 0.260 e. The zero-order valence-electron chi connectivity index (χ0n) is 14.2. The van der Waals surface area contributed by atoms with Crippen LogP contribution in [0.1, 0.15) is 33.5 Å². The molecule has 0 fully saturated rings. The average Bonchev–Trinajstić information content (AvgIpc) is 2.95. The zero-order valence-corrected chi connectivity index (χ0v) is 14.2. The predicted molar refractivity (Wildman–Crippen MR) is 94.4 cm³/mol. The van der Waals surface area contributed by atoms with Gasteiger partial charge in [0.1, 0.15) is 5.52 Å². The van der Waals surface area contributed by atoms with Crippen molar-refractivity contribution in [3.05, 3.63) is 53.0 Å². The van der Waals surface area contributed by atoms with E-state index in [-0.39, 0.29) is 5.91 Å². The minimum atomic E-state index is 0.00653. The van der Waals surface area contributed by atoms with Crippen LogP contribution in [0.25, 0.3) is 11.2 Å². The van der Waals surface area contributed by atoms with E-state index in [4.69, 9.17) is 0 Å². The molecule has 3 heterocycles. The highest BCUT2D eigenvalue weighted by molar-refractivity contribution is 6.12. The number of rotatable bonds is 1. The van der Waals surface area contributed by atoms with Crippen LogP contribution in [0.5, 0.6) is 0 Å². The first-order valence-electron chi connectivity index (χ1n) is 8.24. The second-order valence-corrected chi connectivity index (χ2v) is 6.53. The summed E-state index contributed by atoms with van der Waals surface area (Å²) in [7, 11) is 1.89. The van der Waals surface area contributed by atoms with Crippen LogP contribution in [0.3, 0.4) is 0 Å². The van der Waals surface area contributed by atoms with Gasteiger partial charge < -0.3 is 9.47 Å². The molecule has 0 saturated carbocycles. The van der Waals surface area contributed by atoms with Gasteiger partial charge in [0.05, 0.1) is 11.9 Å². The number of carbonyl (C=O) groups is 1. The fraction of sp³-hybridized carbons (Fsp3) is 0.316. The Morgan fingerprint density at radius 2 is 2.04 bits per heavy atom. The number of hydrogen-bond acceptors (Lipinski definition) is 3. The van der Waals surface area contributed by atoms with Crippen molar-refractivity contribution >= 4 is 22.8 Å². The highest BCUT2D eigenvalue weighted by Crippen LogP contribution is 2.32. The lowest BCUT2D eigenvalue weighted by Gasteiger charge is -2.31. The van der Waals surface area contributed by atoms with Gasteiger partial charge in [0.25, 0.3) is 5.91 Å². The Morgan fingerprint density at radius 3 is 2.88 bits per heavy atom. The van der Waals surface area contributed by atoms with Gasteiger partial charge in [-0.3, -0.25) is 4.79 Å². The molecule has 5 nitrogen and oxygen atoms in total. The number of imidazole rings is 1. The SMILES string of the molecule is Cc1cc(C)c2c(c1)N(C(=O)c1ccnc3c1ncn3C)CCC2. The summed E-state index contributed by atoms with van der Waals surface area (Å²) < 4.78 is 1.84. The summed E-state index contributed by atoms with van der Waals surface area (Å²) in [5, 5.41) is 0. The third-order valence-corrected chi connectivity index (χ3v) is 4.77. The molecule has 122 valence electrons. The molecule has 24 heavy (non-hydrogen) atoms. The van der Waals surface area contributed by atoms with Crippen LogP contribution in [0.2, 0.25) is 0 Å². The molecule has 0 N–H and O–H groups in total. The molecule has 0 bridgehead atoms. The normalized spacial score (nSPS) is 14.0. The molecule has 0 radical (unpaired) electrons. The number of pyridine rings is 1. The second kappa shape index (κ2) is 5.44. The predicted octanol–water partition coefficient (Wildman–Crippen LogP) is 3.18. The van der Waals surface area contributed by atoms with E-state index >= 15 is 0 Å². The van der Waals surface area contributed by atoms with Crippen molar-refractivity contribution in [3.8, 4) is 0 Å². The van der Waals surface area contributed by atoms with Crippen molar-refractivity contribution < 1.29 is 4.79 Å². The number of amides is 1. The lowest BCUT2D eigenvalue weighted by atomic mass is 9.94. The van der Waals surface area contributed by atoms with E-state index in [0.717, 1.165) is 30.7 Å². The lowest BCUT2D eigenvalue weighted by Crippen LogP contribution is -2.36. The van der Waals surface area contributed by atoms with Crippen molar-refractivity contribution in [2.75, 3.05) is 11.4 Å². The number of nitrogens with zero attached hydrogens (tertiary/aromatic N) is 4. The van der Waals surface area contributed by atoms with E-state index in [1.54, 1.807) is 18.6 Å². The summed E-state index contributed by atoms with van der Waals surface area (Å²) in [5.74, 6) is 0.00653. The van der Waals surface area contributed by atoms with Gasteiger partial charge in [0, 0.05) is 25.5 Å². The Balaban J connectivity index is 1.84. The summed E-state index contributed by atoms with van der Waals surface area (Å²) in [6.07, 6.45) is 5.40. The van der Waals surface area contributed by atoms with Crippen molar-refractivity contribution in [3.63, 3.8) is 0 Å². The van der Waals surface area contributed by atoms with Gasteiger partial charge in [-0.05, 0) is 55.5 Å². The monoisotopic (exact) mass is 320 g/mol. The van der Waals surface area contributed by atoms with Crippen molar-refractivity contribution in [2.45, 2.75) is 26.7 Å². The first-order valence-corrected chi connectivity index (χ1v) is 8.24. The molecular weight excluding hydrogens is 300 g/mol. The van der Waals surface area contributed by atoms with Crippen LogP contribution in [0.4, 0.5) is 5.69 Å². The number of benzene rings is 1. The average molecular weight is 320 g/mol. The molecule has 1 aliphatic heterocycles. The molecule has 0 spiro atoms. The summed E-state index contributed by atoms with van der Waals surface area (Å²) in [6.45, 7) is 4.95. The lowest BCUT2D eigenvalue weighted by molar-refractivity contribution is 0.0986. The Morgan fingerprint density at radius 1 is 1.21 bits per heavy atom. The Bertz CT molecular complexity index is 957. The fourth-order valence-electron chi connectivity index (χ4n) is 3.63. The third kappa shape index (κ3) is 2.19. The first kappa shape index (κ1) is 14.9. The van der Waals surface area contributed by atoms with Crippen molar-refractivity contribution in [2.24, 2.45) is 7.05 Å². The minimum absolute atomic E-state index is 0.00653. The van der Waals surface area contributed by atoms with Gasteiger partial charge in [-0.15, -0.1) is 0 Å². The van der Waals surface area contributed by atoms with Gasteiger partial charge in [-0.1, -0.05) is 6.07 Å². The Hall–Kier alpha value is -2.69. The zero-order chi connectivity index (χ0) is 16.8. The number of hydrogen-bond donors (Lipinski definition) is 0. The largest absolute Gasteiger partial charge is 0.318 e. The Kier molecular flexibility index (Phi) is 3.37. The molecule has 2 aromatic heterocycles. The van der Waals surface area contributed by atoms with Crippen LogP contribution in [0, 0.1) is 13.8 Å². The molecule has 0 aliphatic carbocycles. The summed E-state index contributed by atoms with van der Waals surface area (Å²) in [4.78, 5) is 23.9. The third-order valence-electron chi connectivity index (χ3n) is 4.77. The number of fused-ring (bicyclic) bond motifs is 2. The number of anilines is 1. The van der Waals surface area contributed by atoms with Gasteiger partial charge in [0.15, 0.2) is 5.65 Å². The number of aryl methyl sites for hydroxylation is 3. The minimum Gasteiger partial charge on any atom is -0.318 e. The molecule has 1 aliphatic rings. The summed E-state index contributed by atoms with van der Waals surface area (Å²) >= 11 is 0. The van der Waals surface area contributed by atoms with Crippen LogP contribution >= 0.6 is 0 Å². The van der Waals surface area contributed by atoms with Crippen LogP contribution in [-0.4, -0.2) is 27.0 Å². The topological polar surface area (TPSA) is 51.0 Å². The quantitative estimate of drug-likeness (QED) is 0.692. The van der Waals surface area contributed by atoms with Crippen LogP contribution < -0.4 is 4.90 Å². The summed E-state index contributed by atoms with van der Waals surface area (Å²) in [6, 6.07) is 6.08. The standard InChI is InChI=1S/C19H20N4O/c1-12-9-13(2)14-5-4-8-23(16(14)10-12)19(24)15-6-7-20-18-17(15)21-11-22(18)3/h6-7,9-11H,4-5,8H2,1-3H3. The molecule has 0 unspecified atom stereocenters. The molecule has 1 aromatic carbocycles. The van der Waals surface area contributed by atoms with E-state index < -0.39 is 0 Å². The molecule has 0 saturated heterocycles.